The zero-order chi connectivity index (χ0) is 26.5. The molecule has 0 aliphatic rings. The highest BCUT2D eigenvalue weighted by molar-refractivity contribution is 7.86. The number of halogens is 1. The van der Waals surface area contributed by atoms with Gasteiger partial charge in [0.25, 0.3) is 5.56 Å². The molecule has 0 atom stereocenters. The van der Waals surface area contributed by atoms with Gasteiger partial charge in [-0.1, -0.05) is 41.9 Å². The number of hydrogen-bond acceptors (Lipinski definition) is 7. The molecular weight excluding hydrogens is 504 g/mol. The molecule has 0 amide bonds. The summed E-state index contributed by atoms with van der Waals surface area (Å²) in [5, 5.41) is 4.17. The van der Waals surface area contributed by atoms with Gasteiger partial charge in [0.15, 0.2) is 10.8 Å². The van der Waals surface area contributed by atoms with Crippen molar-refractivity contribution >= 4 is 21.7 Å². The molecule has 0 radical (unpaired) electrons. The van der Waals surface area contributed by atoms with Crippen LogP contribution in [0.2, 0.25) is 5.02 Å². The maximum atomic E-state index is 12.5. The summed E-state index contributed by atoms with van der Waals surface area (Å²) >= 11 is 6.22. The minimum Gasteiger partial charge on any atom is -0.490 e. The molecule has 194 valence electrons. The van der Waals surface area contributed by atoms with E-state index >= 15 is 0 Å². The molecule has 0 aliphatic carbocycles. The van der Waals surface area contributed by atoms with Crippen LogP contribution in [0.5, 0.6) is 11.5 Å². The molecule has 1 heterocycles. The highest BCUT2D eigenvalue weighted by atomic mass is 35.5. The van der Waals surface area contributed by atoms with Gasteiger partial charge < -0.3 is 9.47 Å². The van der Waals surface area contributed by atoms with Crippen LogP contribution in [0.25, 0.3) is 0 Å². The fraction of sp³-hybridized carbons (Fsp3) is 0.385. The third-order valence-corrected chi connectivity index (χ3v) is 6.97. The Morgan fingerprint density at radius 2 is 1.75 bits per heavy atom. The zero-order valence-corrected chi connectivity index (χ0v) is 22.6. The highest BCUT2D eigenvalue weighted by Gasteiger charge is 2.21. The van der Waals surface area contributed by atoms with E-state index in [1.165, 1.54) is 16.9 Å². The van der Waals surface area contributed by atoms with Crippen LogP contribution in [0.1, 0.15) is 44.4 Å². The van der Waals surface area contributed by atoms with Gasteiger partial charge in [0.1, 0.15) is 17.3 Å². The molecule has 3 aromatic rings. The summed E-state index contributed by atoms with van der Waals surface area (Å²) in [7, 11) is -3.91. The molecule has 0 unspecified atom stereocenters. The third kappa shape index (κ3) is 6.87. The van der Waals surface area contributed by atoms with E-state index in [0.29, 0.717) is 13.0 Å². The summed E-state index contributed by atoms with van der Waals surface area (Å²) in [4.78, 5) is 12.5. The van der Waals surface area contributed by atoms with Gasteiger partial charge in [0.05, 0.1) is 24.9 Å². The van der Waals surface area contributed by atoms with Crippen LogP contribution in [-0.2, 0) is 32.9 Å². The topological polar surface area (TPSA) is 96.7 Å². The summed E-state index contributed by atoms with van der Waals surface area (Å²) in [5.74, 6) is 0.480. The Kier molecular flexibility index (Phi) is 8.81. The summed E-state index contributed by atoms with van der Waals surface area (Å²) < 4.78 is 42.7. The van der Waals surface area contributed by atoms with Gasteiger partial charge in [-0.15, -0.1) is 0 Å². The first-order chi connectivity index (χ1) is 16.9. The Balaban J connectivity index is 1.66. The lowest BCUT2D eigenvalue weighted by atomic mass is 10.1. The fourth-order valence-corrected chi connectivity index (χ4v) is 4.68. The SMILES string of the molecule is CCOS(=O)(=O)c1ccc(C)cc1OCc1cccc(CCOc2cnn(C(C)(C)C)c(=O)c2Cl)c1. The van der Waals surface area contributed by atoms with Crippen LogP contribution >= 0.6 is 11.6 Å². The number of ether oxygens (including phenoxy) is 2. The number of nitrogens with zero attached hydrogens (tertiary/aromatic N) is 2. The van der Waals surface area contributed by atoms with E-state index in [0.717, 1.165) is 16.7 Å². The zero-order valence-electron chi connectivity index (χ0n) is 21.1. The van der Waals surface area contributed by atoms with E-state index in [1.807, 2.05) is 52.0 Å². The van der Waals surface area contributed by atoms with Crippen LogP contribution in [0.3, 0.4) is 0 Å². The number of hydrogen-bond donors (Lipinski definition) is 0. The molecule has 10 heteroatoms. The quantitative estimate of drug-likeness (QED) is 0.342. The Labute approximate surface area is 216 Å². The predicted octanol–water partition coefficient (Wildman–Crippen LogP) is 4.89. The van der Waals surface area contributed by atoms with Gasteiger partial charge in [0, 0.05) is 6.42 Å². The van der Waals surface area contributed by atoms with Crippen molar-refractivity contribution in [1.82, 2.24) is 9.78 Å². The van der Waals surface area contributed by atoms with Crippen LogP contribution in [0.15, 0.2) is 58.4 Å². The van der Waals surface area contributed by atoms with Crippen LogP contribution in [-0.4, -0.2) is 31.4 Å². The summed E-state index contributed by atoms with van der Waals surface area (Å²) in [6.07, 6.45) is 2.01. The lowest BCUT2D eigenvalue weighted by Gasteiger charge is -2.21. The number of rotatable bonds is 10. The molecule has 1 aromatic heterocycles. The molecule has 0 fully saturated rings. The maximum Gasteiger partial charge on any atom is 0.300 e. The molecule has 36 heavy (non-hydrogen) atoms. The Bertz CT molecular complexity index is 1380. The molecule has 0 spiro atoms. The van der Waals surface area contributed by atoms with Crippen molar-refractivity contribution in [2.45, 2.75) is 58.1 Å². The molecule has 0 saturated carbocycles. The maximum absolute atomic E-state index is 12.5. The van der Waals surface area contributed by atoms with Crippen molar-refractivity contribution in [3.63, 3.8) is 0 Å². The van der Waals surface area contributed by atoms with Gasteiger partial charge in [0.2, 0.25) is 0 Å². The van der Waals surface area contributed by atoms with Crippen LogP contribution in [0, 0.1) is 6.92 Å². The minimum absolute atomic E-state index is 0.00150. The van der Waals surface area contributed by atoms with Crippen molar-refractivity contribution < 1.29 is 22.1 Å². The van der Waals surface area contributed by atoms with E-state index in [9.17, 15) is 13.2 Å². The first-order valence-corrected chi connectivity index (χ1v) is 13.3. The number of aryl methyl sites for hydroxylation is 1. The molecule has 2 aromatic carbocycles. The molecular formula is C26H31ClN2O6S. The van der Waals surface area contributed by atoms with E-state index < -0.39 is 21.2 Å². The van der Waals surface area contributed by atoms with Gasteiger partial charge in [-0.05, 0) is 63.4 Å². The third-order valence-electron chi connectivity index (χ3n) is 5.20. The molecule has 8 nitrogen and oxygen atoms in total. The first kappa shape index (κ1) is 27.7. The summed E-state index contributed by atoms with van der Waals surface area (Å²) in [5.41, 5.74) is 1.82. The minimum atomic E-state index is -3.91. The smallest absolute Gasteiger partial charge is 0.300 e. The number of aromatic nitrogens is 2. The van der Waals surface area contributed by atoms with E-state index in [2.05, 4.69) is 5.10 Å². The Morgan fingerprint density at radius 1 is 1.03 bits per heavy atom. The average Bonchev–Trinajstić information content (AvgIpc) is 2.80. The molecule has 0 bridgehead atoms. The van der Waals surface area contributed by atoms with Gasteiger partial charge >= 0.3 is 10.1 Å². The van der Waals surface area contributed by atoms with Crippen molar-refractivity contribution in [2.24, 2.45) is 0 Å². The molecule has 3 rings (SSSR count). The van der Waals surface area contributed by atoms with Gasteiger partial charge in [-0.25, -0.2) is 4.68 Å². The lowest BCUT2D eigenvalue weighted by molar-refractivity contribution is 0.290. The highest BCUT2D eigenvalue weighted by Crippen LogP contribution is 2.28. The van der Waals surface area contributed by atoms with Gasteiger partial charge in [-0.2, -0.15) is 13.5 Å². The second-order valence-corrected chi connectivity index (χ2v) is 11.2. The van der Waals surface area contributed by atoms with Crippen molar-refractivity contribution in [3.05, 3.63) is 80.7 Å². The monoisotopic (exact) mass is 534 g/mol. The Morgan fingerprint density at radius 3 is 2.44 bits per heavy atom. The van der Waals surface area contributed by atoms with E-state index in [4.69, 9.17) is 25.3 Å². The normalized spacial score (nSPS) is 11.9. The van der Waals surface area contributed by atoms with Crippen molar-refractivity contribution in [1.29, 1.82) is 0 Å². The van der Waals surface area contributed by atoms with Crippen LogP contribution < -0.4 is 15.0 Å². The predicted molar refractivity (Wildman–Crippen MR) is 138 cm³/mol. The Hall–Kier alpha value is -2.88. The fourth-order valence-electron chi connectivity index (χ4n) is 3.46. The van der Waals surface area contributed by atoms with E-state index in [1.54, 1.807) is 19.1 Å². The summed E-state index contributed by atoms with van der Waals surface area (Å²) in [6.45, 7) is 9.58. The standard InChI is InChI=1S/C26H31ClN2O6S/c1-6-35-36(31,32)23-11-10-18(2)14-21(23)34-17-20-9-7-8-19(15-20)12-13-33-22-16-28-29(26(3,4)5)25(30)24(22)27/h7-11,14-16H,6,12-13,17H2,1-5H3. The molecule has 0 saturated heterocycles. The van der Waals surface area contributed by atoms with Crippen molar-refractivity contribution in [2.75, 3.05) is 13.2 Å². The van der Waals surface area contributed by atoms with Gasteiger partial charge in [-0.3, -0.25) is 8.98 Å². The summed E-state index contributed by atoms with van der Waals surface area (Å²) in [6, 6.07) is 12.5. The van der Waals surface area contributed by atoms with Crippen molar-refractivity contribution in [3.8, 4) is 11.5 Å². The largest absolute Gasteiger partial charge is 0.490 e. The first-order valence-electron chi connectivity index (χ1n) is 11.5. The average molecular weight is 535 g/mol. The molecule has 0 N–H and O–H groups in total. The second-order valence-electron chi connectivity index (χ2n) is 9.23. The lowest BCUT2D eigenvalue weighted by Crippen LogP contribution is -2.36. The van der Waals surface area contributed by atoms with E-state index in [-0.39, 0.29) is 34.6 Å². The van der Waals surface area contributed by atoms with Crippen LogP contribution in [0.4, 0.5) is 0 Å². The second kappa shape index (κ2) is 11.5. The number of benzene rings is 2. The molecule has 0 aliphatic heterocycles.